The molecule has 2 aromatic heterocycles. The second-order valence-electron chi connectivity index (χ2n) is 10.5. The number of ether oxygens (including phenoxy) is 3. The number of halogens is 1. The number of nitrogens with zero attached hydrogens (tertiary/aromatic N) is 5. The molecule has 1 N–H and O–H groups in total. The minimum absolute atomic E-state index is 0.139. The van der Waals surface area contributed by atoms with Crippen LogP contribution in [0.3, 0.4) is 0 Å². The van der Waals surface area contributed by atoms with Crippen LogP contribution >= 0.6 is 11.6 Å². The van der Waals surface area contributed by atoms with E-state index in [4.69, 9.17) is 30.8 Å². The summed E-state index contributed by atoms with van der Waals surface area (Å²) in [4.78, 5) is 16.2. The Morgan fingerprint density at radius 1 is 1.11 bits per heavy atom. The van der Waals surface area contributed by atoms with Gasteiger partial charge in [-0.05, 0) is 49.9 Å². The summed E-state index contributed by atoms with van der Waals surface area (Å²) < 4.78 is 20.2. The van der Waals surface area contributed by atoms with Gasteiger partial charge in [-0.25, -0.2) is 4.98 Å². The van der Waals surface area contributed by atoms with Gasteiger partial charge in [-0.15, -0.1) is 0 Å². The van der Waals surface area contributed by atoms with Gasteiger partial charge in [0.15, 0.2) is 29.0 Å². The number of aliphatic hydroxyl groups excluding tert-OH is 1. The van der Waals surface area contributed by atoms with E-state index in [1.807, 2.05) is 18.4 Å². The Labute approximate surface area is 208 Å². The van der Waals surface area contributed by atoms with Crippen LogP contribution in [0.15, 0.2) is 30.6 Å². The Morgan fingerprint density at radius 3 is 2.69 bits per heavy atom. The normalized spacial score (nSPS) is 30.5. The van der Waals surface area contributed by atoms with Gasteiger partial charge in [-0.2, -0.15) is 9.97 Å². The fourth-order valence-corrected chi connectivity index (χ4v) is 6.74. The van der Waals surface area contributed by atoms with E-state index in [1.54, 1.807) is 6.33 Å². The SMILES string of the molecule is CC1(C)O[C@@H]2[C@H](O1)[C@@H](CO)O[C@H]2n1cnc2c(N3CC4(CCCC4)c4ccccc43)nc(Cl)nc21. The first-order chi connectivity index (χ1) is 16.9. The molecule has 1 aromatic carbocycles. The molecule has 1 spiro atoms. The molecule has 0 unspecified atom stereocenters. The Hall–Kier alpha value is -2.30. The smallest absolute Gasteiger partial charge is 0.226 e. The zero-order valence-electron chi connectivity index (χ0n) is 19.7. The molecule has 4 atom stereocenters. The molecule has 0 bridgehead atoms. The van der Waals surface area contributed by atoms with Crippen molar-refractivity contribution in [2.45, 2.75) is 75.3 Å². The third-order valence-electron chi connectivity index (χ3n) is 8.00. The minimum atomic E-state index is -0.770. The molecule has 1 aliphatic carbocycles. The lowest BCUT2D eigenvalue weighted by atomic mass is 9.81. The maximum Gasteiger partial charge on any atom is 0.226 e. The first kappa shape index (κ1) is 21.9. The second kappa shape index (κ2) is 7.60. The van der Waals surface area contributed by atoms with E-state index in [0.29, 0.717) is 17.0 Å². The lowest BCUT2D eigenvalue weighted by Crippen LogP contribution is -2.31. The van der Waals surface area contributed by atoms with Gasteiger partial charge in [-0.1, -0.05) is 31.0 Å². The molecule has 3 aromatic rings. The Bertz CT molecular complexity index is 1310. The lowest BCUT2D eigenvalue weighted by Gasteiger charge is -2.25. The van der Waals surface area contributed by atoms with Gasteiger partial charge in [-0.3, -0.25) is 4.57 Å². The third kappa shape index (κ3) is 3.18. The summed E-state index contributed by atoms with van der Waals surface area (Å²) in [5, 5.41) is 10.0. The van der Waals surface area contributed by atoms with Crippen LogP contribution in [0.25, 0.3) is 11.2 Å². The van der Waals surface area contributed by atoms with Gasteiger partial charge in [0, 0.05) is 17.6 Å². The van der Waals surface area contributed by atoms with Crippen molar-refractivity contribution in [3.05, 3.63) is 41.4 Å². The lowest BCUT2D eigenvalue weighted by molar-refractivity contribution is -0.199. The molecule has 184 valence electrons. The Morgan fingerprint density at radius 2 is 1.89 bits per heavy atom. The highest BCUT2D eigenvalue weighted by molar-refractivity contribution is 6.28. The quantitative estimate of drug-likeness (QED) is 0.545. The first-order valence-corrected chi connectivity index (χ1v) is 12.7. The van der Waals surface area contributed by atoms with E-state index in [1.165, 1.54) is 31.2 Å². The van der Waals surface area contributed by atoms with Crippen molar-refractivity contribution in [3.63, 3.8) is 0 Å². The van der Waals surface area contributed by atoms with Crippen molar-refractivity contribution in [2.75, 3.05) is 18.1 Å². The number of hydrogen-bond acceptors (Lipinski definition) is 8. The van der Waals surface area contributed by atoms with Crippen LogP contribution in [0.2, 0.25) is 5.28 Å². The number of aliphatic hydroxyl groups is 1. The summed E-state index contributed by atoms with van der Waals surface area (Å²) in [7, 11) is 0. The zero-order chi connectivity index (χ0) is 23.9. The molecule has 4 aliphatic rings. The van der Waals surface area contributed by atoms with Crippen molar-refractivity contribution >= 4 is 34.3 Å². The summed E-state index contributed by atoms with van der Waals surface area (Å²) in [6.45, 7) is 4.41. The average molecular weight is 498 g/mol. The molecule has 9 nitrogen and oxygen atoms in total. The van der Waals surface area contributed by atoms with Crippen LogP contribution in [-0.4, -0.2) is 61.9 Å². The summed E-state index contributed by atoms with van der Waals surface area (Å²) >= 11 is 6.50. The molecule has 1 saturated carbocycles. The first-order valence-electron chi connectivity index (χ1n) is 12.3. The van der Waals surface area contributed by atoms with E-state index in [0.717, 1.165) is 12.2 Å². The molecule has 35 heavy (non-hydrogen) atoms. The number of hydrogen-bond donors (Lipinski definition) is 1. The van der Waals surface area contributed by atoms with Gasteiger partial charge >= 0.3 is 0 Å². The molecule has 0 radical (unpaired) electrons. The number of benzene rings is 1. The largest absolute Gasteiger partial charge is 0.394 e. The van der Waals surface area contributed by atoms with Crippen molar-refractivity contribution in [1.82, 2.24) is 19.5 Å². The molecule has 10 heteroatoms. The molecule has 3 aliphatic heterocycles. The maximum atomic E-state index is 9.90. The number of anilines is 2. The van der Waals surface area contributed by atoms with E-state index in [2.05, 4.69) is 39.1 Å². The summed E-state index contributed by atoms with van der Waals surface area (Å²) in [6.07, 6.45) is 4.65. The van der Waals surface area contributed by atoms with E-state index in [9.17, 15) is 5.11 Å². The van der Waals surface area contributed by atoms with Crippen molar-refractivity contribution in [3.8, 4) is 0 Å². The number of rotatable bonds is 3. The fourth-order valence-electron chi connectivity index (χ4n) is 6.58. The molecule has 3 fully saturated rings. The van der Waals surface area contributed by atoms with E-state index < -0.39 is 24.2 Å². The molecule has 2 saturated heterocycles. The Balaban J connectivity index is 1.33. The monoisotopic (exact) mass is 497 g/mol. The summed E-state index contributed by atoms with van der Waals surface area (Å²) in [6, 6.07) is 8.60. The number of fused-ring (bicyclic) bond motifs is 4. The highest BCUT2D eigenvalue weighted by atomic mass is 35.5. The van der Waals surface area contributed by atoms with Crippen LogP contribution < -0.4 is 4.90 Å². The van der Waals surface area contributed by atoms with Gasteiger partial charge in [0.05, 0.1) is 12.9 Å². The highest BCUT2D eigenvalue weighted by Crippen LogP contribution is 2.53. The average Bonchev–Trinajstić information content (AvgIpc) is 3.63. The van der Waals surface area contributed by atoms with Crippen LogP contribution in [0, 0.1) is 0 Å². The summed E-state index contributed by atoms with van der Waals surface area (Å²) in [5.41, 5.74) is 3.91. The van der Waals surface area contributed by atoms with Gasteiger partial charge in [0.1, 0.15) is 18.3 Å². The highest BCUT2D eigenvalue weighted by Gasteiger charge is 2.56. The number of imidazole rings is 1. The predicted molar refractivity (Wildman–Crippen MR) is 129 cm³/mol. The van der Waals surface area contributed by atoms with Crippen molar-refractivity contribution in [2.24, 2.45) is 0 Å². The standard InChI is InChI=1S/C25H28ClN5O4/c1-24(2)34-18-16(11-32)33-22(19(18)35-24)31-13-27-17-20(28-23(26)29-21(17)31)30-12-25(9-5-6-10-25)14-7-3-4-8-15(14)30/h3-4,7-8,13,16,18-19,22,32H,5-6,9-12H2,1-2H3/t16-,18-,19-,22-/m1/s1. The van der Waals surface area contributed by atoms with Crippen LogP contribution in [-0.2, 0) is 19.6 Å². The van der Waals surface area contributed by atoms with Crippen molar-refractivity contribution in [1.29, 1.82) is 0 Å². The number of para-hydroxylation sites is 1. The van der Waals surface area contributed by atoms with Gasteiger partial charge in [0.2, 0.25) is 5.28 Å². The fraction of sp³-hybridized carbons (Fsp3) is 0.560. The molecule has 0 amide bonds. The van der Waals surface area contributed by atoms with E-state index >= 15 is 0 Å². The second-order valence-corrected chi connectivity index (χ2v) is 10.9. The Kier molecular flexibility index (Phi) is 4.76. The van der Waals surface area contributed by atoms with Crippen LogP contribution in [0.4, 0.5) is 11.5 Å². The zero-order valence-corrected chi connectivity index (χ0v) is 20.5. The minimum Gasteiger partial charge on any atom is -0.394 e. The van der Waals surface area contributed by atoms with Crippen LogP contribution in [0.5, 0.6) is 0 Å². The van der Waals surface area contributed by atoms with Crippen LogP contribution in [0.1, 0.15) is 51.3 Å². The number of aromatic nitrogens is 4. The van der Waals surface area contributed by atoms with Crippen molar-refractivity contribution < 1.29 is 19.3 Å². The molecular formula is C25H28ClN5O4. The third-order valence-corrected chi connectivity index (χ3v) is 8.17. The topological polar surface area (TPSA) is 94.8 Å². The van der Waals surface area contributed by atoms with Gasteiger partial charge < -0.3 is 24.2 Å². The molecule has 7 rings (SSSR count). The molecule has 5 heterocycles. The summed E-state index contributed by atoms with van der Waals surface area (Å²) in [5.74, 6) is -0.0690. The molecular weight excluding hydrogens is 470 g/mol. The maximum absolute atomic E-state index is 9.90. The predicted octanol–water partition coefficient (Wildman–Crippen LogP) is 3.85. The van der Waals surface area contributed by atoms with E-state index in [-0.39, 0.29) is 23.4 Å². The van der Waals surface area contributed by atoms with Gasteiger partial charge in [0.25, 0.3) is 0 Å².